The molecule has 18 aromatic heterocycles. The van der Waals surface area contributed by atoms with Crippen molar-refractivity contribution in [2.75, 3.05) is 0 Å². The average molecular weight is 2080 g/mol. The molecule has 0 radical (unpaired) electrons. The summed E-state index contributed by atoms with van der Waals surface area (Å²) < 4.78 is 0. The van der Waals surface area contributed by atoms with E-state index in [-0.39, 0.29) is 74.4 Å². The van der Waals surface area contributed by atoms with Crippen molar-refractivity contribution in [3.63, 3.8) is 0 Å². The molecule has 150 heavy (non-hydrogen) atoms. The lowest BCUT2D eigenvalue weighted by atomic mass is 10.3. The fraction of sp³-hybridized carbons (Fsp3) is 0. The van der Waals surface area contributed by atoms with Crippen LogP contribution < -0.4 is 0 Å². The van der Waals surface area contributed by atoms with Crippen LogP contribution in [0.1, 0.15) is 137 Å². The summed E-state index contributed by atoms with van der Waals surface area (Å²) in [6.45, 7) is 0. The molecule has 0 aromatic carbocycles. The van der Waals surface area contributed by atoms with Gasteiger partial charge >= 0.3 is 0 Å². The Morgan fingerprint density at radius 3 is 0.213 bits per heavy atom. The molecule has 0 spiro atoms. The van der Waals surface area contributed by atoms with E-state index >= 15 is 0 Å². The SMILES string of the molecule is C1=Cc2cc3ccc(cc4ccc(cc5nc(cc1n2)C=C5)[nH]4)[nH]3.C1=Cc2cc3ccc(cc4ccc(cc5nc(cc1n2)C=C5)[nH]4)[nH]3.C1=Cc2cc3ccc(cc4ccc(cc5nc(cc1n2)C=C5)[nH]4)[nH]3.C1=Cc2cc3ccc(cc4ccc(cc5nc(cc1n2)C=C5)[nH]4)[nH]3.C1=Cc2cc3ccc(cc4ccc(cc5nc(cc1n2)C=C5)[nH]4)[nH]3.C1=Cc2cc3ccc(cc4ccc(cc5nc(cc1n2)C=C5)[nH]4)[nH]3.Cl.Cl.Cl.Cl.Cl.Cl. The minimum absolute atomic E-state index is 0. The van der Waals surface area contributed by atoms with E-state index < -0.39 is 0 Å². The number of fused-ring (bicyclic) bond motifs is 48. The number of aromatic nitrogens is 24. The van der Waals surface area contributed by atoms with Crippen LogP contribution in [0, 0.1) is 0 Å². The quantitative estimate of drug-likeness (QED) is 0.0674. The van der Waals surface area contributed by atoms with E-state index in [2.05, 4.69) is 302 Å². The number of nitrogens with zero attached hydrogens (tertiary/aromatic N) is 12. The molecule has 0 saturated carbocycles. The van der Waals surface area contributed by atoms with Crippen LogP contribution in [-0.2, 0) is 0 Å². The number of halogens is 6. The predicted octanol–water partition coefficient (Wildman–Crippen LogP) is 30.5. The molecule has 30 heterocycles. The van der Waals surface area contributed by atoms with Gasteiger partial charge in [0.2, 0.25) is 0 Å². The van der Waals surface area contributed by atoms with Gasteiger partial charge in [-0.1, -0.05) is 0 Å². The minimum Gasteiger partial charge on any atom is -0.355 e. The molecule has 0 unspecified atom stereocenters. The van der Waals surface area contributed by atoms with Gasteiger partial charge < -0.3 is 59.8 Å². The number of H-pyrrole nitrogens is 12. The lowest BCUT2D eigenvalue weighted by Crippen LogP contribution is -1.77. The highest BCUT2D eigenvalue weighted by atomic mass is 35.5. The zero-order chi connectivity index (χ0) is 95.6. The summed E-state index contributed by atoms with van der Waals surface area (Å²) in [5, 5.41) is 0. The molecule has 30 heteroatoms. The van der Waals surface area contributed by atoms with Crippen LogP contribution in [-0.4, -0.2) is 120 Å². The first-order chi connectivity index (χ1) is 70.8. The highest BCUT2D eigenvalue weighted by Crippen LogP contribution is 2.28. The number of aromatic amines is 12. The number of hydrogen-bond donors (Lipinski definition) is 12. The van der Waals surface area contributed by atoms with E-state index in [1.807, 2.05) is 255 Å². The van der Waals surface area contributed by atoms with Crippen molar-refractivity contribution >= 4 is 353 Å². The second-order valence-corrected chi connectivity index (χ2v) is 35.4. The summed E-state index contributed by atoms with van der Waals surface area (Å²) in [5.41, 5.74) is 47.2. The summed E-state index contributed by atoms with van der Waals surface area (Å²) in [5.74, 6) is 0. The molecule has 24 nitrogen and oxygen atoms in total. The molecular weight excluding hydrogens is 1990 g/mol. The van der Waals surface area contributed by atoms with Gasteiger partial charge in [-0.25, -0.2) is 59.8 Å². The van der Waals surface area contributed by atoms with E-state index in [0.29, 0.717) is 0 Å². The van der Waals surface area contributed by atoms with Crippen molar-refractivity contribution in [2.24, 2.45) is 0 Å². The normalized spacial score (nSPS) is 12.2. The Bertz CT molecular complexity index is 7900. The molecule has 18 aromatic rings. The number of rotatable bonds is 0. The van der Waals surface area contributed by atoms with Gasteiger partial charge in [0.1, 0.15) is 0 Å². The third-order valence-electron chi connectivity index (χ3n) is 24.3. The smallest absolute Gasteiger partial charge is 0.0659 e. The second kappa shape index (κ2) is 44.5. The largest absolute Gasteiger partial charge is 0.355 e. The highest BCUT2D eigenvalue weighted by molar-refractivity contribution is 5.89. The van der Waals surface area contributed by atoms with Crippen molar-refractivity contribution in [3.8, 4) is 0 Å². The van der Waals surface area contributed by atoms with Crippen LogP contribution in [0.2, 0.25) is 0 Å². The first-order valence-corrected chi connectivity index (χ1v) is 47.1. The molecule has 0 fully saturated rings. The Balaban J connectivity index is 0.000000112. The van der Waals surface area contributed by atoms with E-state index in [9.17, 15) is 0 Å². The first kappa shape index (κ1) is 100. The Morgan fingerprint density at radius 2 is 0.140 bits per heavy atom. The van der Waals surface area contributed by atoms with Gasteiger partial charge in [0.05, 0.1) is 137 Å². The fourth-order valence-corrected chi connectivity index (χ4v) is 17.7. The molecule has 0 aliphatic carbocycles. The Kier molecular flexibility index (Phi) is 29.7. The monoisotopic (exact) mass is 2080 g/mol. The maximum absolute atomic E-state index is 4.62. The Morgan fingerprint density at radius 1 is 0.0800 bits per heavy atom. The second-order valence-electron chi connectivity index (χ2n) is 35.4. The topological polar surface area (TPSA) is 344 Å². The van der Waals surface area contributed by atoms with E-state index in [1.165, 1.54) is 0 Å². The minimum atomic E-state index is 0. The Hall–Kier alpha value is -18.7. The molecule has 0 saturated heterocycles. The average Bonchev–Trinajstić information content (AvgIpc) is 1.71. The van der Waals surface area contributed by atoms with Gasteiger partial charge in [-0.05, 0) is 437 Å². The van der Waals surface area contributed by atoms with E-state index in [0.717, 1.165) is 269 Å². The van der Waals surface area contributed by atoms with Crippen LogP contribution in [0.5, 0.6) is 0 Å². The van der Waals surface area contributed by atoms with Crippen LogP contribution in [0.15, 0.2) is 291 Å². The van der Waals surface area contributed by atoms with Gasteiger partial charge in [0.25, 0.3) is 0 Å². The highest BCUT2D eigenvalue weighted by Gasteiger charge is 2.13. The van der Waals surface area contributed by atoms with Gasteiger partial charge in [-0.3, -0.25) is 0 Å². The molecule has 732 valence electrons. The third kappa shape index (κ3) is 24.8. The van der Waals surface area contributed by atoms with E-state index in [4.69, 9.17) is 0 Å². The molecule has 12 aliphatic rings. The third-order valence-corrected chi connectivity index (χ3v) is 24.3. The van der Waals surface area contributed by atoms with Gasteiger partial charge in [0, 0.05) is 132 Å². The van der Waals surface area contributed by atoms with Gasteiger partial charge in [-0.15, -0.1) is 74.4 Å². The van der Waals surface area contributed by atoms with Gasteiger partial charge in [-0.2, -0.15) is 0 Å². The van der Waals surface area contributed by atoms with E-state index in [1.54, 1.807) is 0 Å². The predicted molar refractivity (Wildman–Crippen MR) is 637 cm³/mol. The van der Waals surface area contributed by atoms with Gasteiger partial charge in [0.15, 0.2) is 0 Å². The molecule has 0 atom stereocenters. The van der Waals surface area contributed by atoms with Crippen LogP contribution >= 0.6 is 74.4 Å². The Labute approximate surface area is 893 Å². The molecule has 48 bridgehead atoms. The summed E-state index contributed by atoms with van der Waals surface area (Å²) in [6.07, 6.45) is 48.3. The molecular formula is C120H90Cl6N24. The van der Waals surface area contributed by atoms with Crippen molar-refractivity contribution in [3.05, 3.63) is 428 Å². The van der Waals surface area contributed by atoms with Crippen LogP contribution in [0.3, 0.4) is 0 Å². The zero-order valence-electron chi connectivity index (χ0n) is 79.4. The van der Waals surface area contributed by atoms with Crippen molar-refractivity contribution in [2.45, 2.75) is 0 Å². The summed E-state index contributed by atoms with van der Waals surface area (Å²) in [4.78, 5) is 96.1. The molecule has 30 rings (SSSR count). The van der Waals surface area contributed by atoms with Crippen molar-refractivity contribution < 1.29 is 0 Å². The lowest BCUT2D eigenvalue weighted by Gasteiger charge is -1.86. The number of hydrogen-bond acceptors (Lipinski definition) is 12. The zero-order valence-corrected chi connectivity index (χ0v) is 84.3. The fourth-order valence-electron chi connectivity index (χ4n) is 17.7. The summed E-state index contributed by atoms with van der Waals surface area (Å²) >= 11 is 0. The van der Waals surface area contributed by atoms with Crippen molar-refractivity contribution in [1.29, 1.82) is 0 Å². The maximum Gasteiger partial charge on any atom is 0.0659 e. The summed E-state index contributed by atoms with van der Waals surface area (Å²) in [6, 6.07) is 98.4. The van der Waals surface area contributed by atoms with Crippen molar-refractivity contribution in [1.82, 2.24) is 120 Å². The maximum atomic E-state index is 4.62. The molecule has 0 amide bonds. The first-order valence-electron chi connectivity index (χ1n) is 47.1. The number of nitrogens with one attached hydrogen (secondary N) is 12. The lowest BCUT2D eigenvalue weighted by molar-refractivity contribution is 1.28. The van der Waals surface area contributed by atoms with Crippen LogP contribution in [0.25, 0.3) is 278 Å². The summed E-state index contributed by atoms with van der Waals surface area (Å²) in [7, 11) is 0. The van der Waals surface area contributed by atoms with Crippen LogP contribution in [0.4, 0.5) is 0 Å². The molecule has 12 N–H and O–H groups in total. The molecule has 12 aliphatic heterocycles. The standard InChI is InChI=1S/6C20H14N4.6ClH/c6*1-2-14-10-16-5-6-18(23-16)12-20-8-7-19(24-20)11-17-4-3-15(22-17)9-13(1)21-14;;;;;;/h6*1-12,21-22H;6*1H.